The molecule has 2 N–H and O–H groups in total. The van der Waals surface area contributed by atoms with Crippen molar-refractivity contribution >= 4 is 23.3 Å². The Labute approximate surface area is 163 Å². The Hall–Kier alpha value is -3.21. The highest BCUT2D eigenvalue weighted by Crippen LogP contribution is 2.39. The number of hydrogen-bond acceptors (Lipinski definition) is 3. The van der Waals surface area contributed by atoms with Gasteiger partial charge in [0, 0.05) is 29.8 Å². The van der Waals surface area contributed by atoms with Crippen LogP contribution in [0.25, 0.3) is 0 Å². The van der Waals surface area contributed by atoms with E-state index >= 15 is 0 Å². The lowest BCUT2D eigenvalue weighted by Crippen LogP contribution is -2.43. The van der Waals surface area contributed by atoms with Gasteiger partial charge in [-0.15, -0.1) is 0 Å². The minimum atomic E-state index is -0.742. The first-order chi connectivity index (χ1) is 13.5. The molecule has 1 aliphatic carbocycles. The number of carbonyl (C=O) groups is 3. The summed E-state index contributed by atoms with van der Waals surface area (Å²) >= 11 is 0. The molecule has 5 nitrogen and oxygen atoms in total. The van der Waals surface area contributed by atoms with Gasteiger partial charge in [0.1, 0.15) is 0 Å². The van der Waals surface area contributed by atoms with Crippen molar-refractivity contribution in [2.75, 3.05) is 5.32 Å². The summed E-state index contributed by atoms with van der Waals surface area (Å²) in [7, 11) is 0. The lowest BCUT2D eigenvalue weighted by molar-refractivity contribution is -0.129. The van der Waals surface area contributed by atoms with Gasteiger partial charge in [-0.05, 0) is 42.5 Å². The first kappa shape index (κ1) is 18.2. The quantitative estimate of drug-likeness (QED) is 0.864. The molecule has 0 radical (unpaired) electrons. The summed E-state index contributed by atoms with van der Waals surface area (Å²) in [6, 6.07) is 17.3. The molecule has 2 aromatic carbocycles. The number of Topliss-reactive ketones (excluding diaryl/α,β-unsaturated/α-hetero) is 1. The van der Waals surface area contributed by atoms with Crippen LogP contribution in [-0.4, -0.2) is 17.6 Å². The maximum atomic E-state index is 13.0. The van der Waals surface area contributed by atoms with Crippen molar-refractivity contribution in [2.45, 2.75) is 32.1 Å². The van der Waals surface area contributed by atoms with Crippen LogP contribution in [0.4, 0.5) is 5.69 Å². The van der Waals surface area contributed by atoms with Crippen LogP contribution in [-0.2, 0) is 14.4 Å². The van der Waals surface area contributed by atoms with Crippen LogP contribution in [0, 0.1) is 12.8 Å². The first-order valence-electron chi connectivity index (χ1n) is 9.50. The van der Waals surface area contributed by atoms with Gasteiger partial charge in [-0.1, -0.05) is 42.5 Å². The Morgan fingerprint density at radius 2 is 1.79 bits per heavy atom. The number of anilines is 1. The SMILES string of the molecule is Cc1cccc(NC(=O)[C@@H]2CC(=O)NC3=C2C(=O)C[C@@H](c2ccccc2)C3)c1. The van der Waals surface area contributed by atoms with Gasteiger partial charge in [0.15, 0.2) is 5.78 Å². The number of aryl methyl sites for hydroxylation is 1. The molecule has 0 aromatic heterocycles. The van der Waals surface area contributed by atoms with Gasteiger partial charge in [-0.25, -0.2) is 0 Å². The molecule has 2 aromatic rings. The van der Waals surface area contributed by atoms with E-state index in [0.717, 1.165) is 11.1 Å². The summed E-state index contributed by atoms with van der Waals surface area (Å²) in [4.78, 5) is 38.1. The number of ketones is 1. The molecule has 0 saturated carbocycles. The number of carbonyl (C=O) groups excluding carboxylic acids is 3. The molecule has 0 saturated heterocycles. The Morgan fingerprint density at radius 1 is 1.00 bits per heavy atom. The van der Waals surface area contributed by atoms with Gasteiger partial charge in [0.05, 0.1) is 5.92 Å². The van der Waals surface area contributed by atoms with Crippen LogP contribution in [0.1, 0.15) is 36.3 Å². The summed E-state index contributed by atoms with van der Waals surface area (Å²) in [6.45, 7) is 1.94. The Kier molecular flexibility index (Phi) is 4.82. The van der Waals surface area contributed by atoms with Gasteiger partial charge >= 0.3 is 0 Å². The van der Waals surface area contributed by atoms with Gasteiger partial charge in [0.2, 0.25) is 11.8 Å². The van der Waals surface area contributed by atoms with Gasteiger partial charge in [-0.3, -0.25) is 14.4 Å². The van der Waals surface area contributed by atoms with E-state index in [4.69, 9.17) is 0 Å². The second kappa shape index (κ2) is 7.43. The molecule has 5 heteroatoms. The number of allylic oxidation sites excluding steroid dienone is 1. The minimum Gasteiger partial charge on any atom is -0.329 e. The van der Waals surface area contributed by atoms with Crippen LogP contribution in [0.15, 0.2) is 65.9 Å². The van der Waals surface area contributed by atoms with Crippen LogP contribution in [0.2, 0.25) is 0 Å². The zero-order chi connectivity index (χ0) is 19.7. The van der Waals surface area contributed by atoms with Crippen LogP contribution < -0.4 is 10.6 Å². The van der Waals surface area contributed by atoms with Crippen molar-refractivity contribution in [3.8, 4) is 0 Å². The minimum absolute atomic E-state index is 0.00176. The van der Waals surface area contributed by atoms with Crippen molar-refractivity contribution in [2.24, 2.45) is 5.92 Å². The standard InChI is InChI=1S/C23H22N2O3/c1-14-6-5-9-17(10-14)24-23(28)18-13-21(27)25-19-11-16(12-20(26)22(18)19)15-7-3-2-4-8-15/h2-10,16,18H,11-13H2,1H3,(H,24,28)(H,25,27)/t16-,18+/m0/s1. The van der Waals surface area contributed by atoms with Crippen molar-refractivity contribution in [1.82, 2.24) is 5.32 Å². The van der Waals surface area contributed by atoms with Crippen molar-refractivity contribution in [1.29, 1.82) is 0 Å². The largest absolute Gasteiger partial charge is 0.329 e. The van der Waals surface area contributed by atoms with Crippen molar-refractivity contribution in [3.05, 3.63) is 77.0 Å². The van der Waals surface area contributed by atoms with Gasteiger partial charge in [-0.2, -0.15) is 0 Å². The molecule has 0 fully saturated rings. The van der Waals surface area contributed by atoms with E-state index < -0.39 is 5.92 Å². The number of hydrogen-bond donors (Lipinski definition) is 2. The first-order valence-corrected chi connectivity index (χ1v) is 9.50. The molecule has 2 amide bonds. The molecule has 2 aliphatic rings. The van der Waals surface area contributed by atoms with Crippen molar-refractivity contribution in [3.63, 3.8) is 0 Å². The molecule has 0 unspecified atom stereocenters. The number of benzene rings is 2. The van der Waals surface area contributed by atoms with E-state index in [0.29, 0.717) is 29.8 Å². The molecule has 1 aliphatic heterocycles. The molecule has 0 spiro atoms. The van der Waals surface area contributed by atoms with E-state index in [1.165, 1.54) is 0 Å². The highest BCUT2D eigenvalue weighted by Gasteiger charge is 2.40. The Morgan fingerprint density at radius 3 is 2.54 bits per heavy atom. The third-order valence-corrected chi connectivity index (χ3v) is 5.41. The molecule has 1 heterocycles. The Bertz CT molecular complexity index is 978. The summed E-state index contributed by atoms with van der Waals surface area (Å²) in [5.74, 6) is -1.30. The third-order valence-electron chi connectivity index (χ3n) is 5.41. The third kappa shape index (κ3) is 3.60. The van der Waals surface area contributed by atoms with Crippen LogP contribution in [0.3, 0.4) is 0 Å². The maximum Gasteiger partial charge on any atom is 0.232 e. The lowest BCUT2D eigenvalue weighted by atomic mass is 9.75. The average molecular weight is 374 g/mol. The van der Waals surface area contributed by atoms with E-state index in [1.807, 2.05) is 55.5 Å². The summed E-state index contributed by atoms with van der Waals surface area (Å²) in [6.07, 6.45) is 0.913. The lowest BCUT2D eigenvalue weighted by Gasteiger charge is -2.33. The fourth-order valence-corrected chi connectivity index (χ4v) is 4.10. The summed E-state index contributed by atoms with van der Waals surface area (Å²) in [5, 5.41) is 5.71. The van der Waals surface area contributed by atoms with E-state index in [-0.39, 0.29) is 29.9 Å². The van der Waals surface area contributed by atoms with Crippen LogP contribution in [0.5, 0.6) is 0 Å². The molecule has 4 rings (SSSR count). The second-order valence-corrected chi connectivity index (χ2v) is 7.49. The summed E-state index contributed by atoms with van der Waals surface area (Å²) < 4.78 is 0. The second-order valence-electron chi connectivity index (χ2n) is 7.49. The molecule has 2 atom stereocenters. The van der Waals surface area contributed by atoms with Crippen molar-refractivity contribution < 1.29 is 14.4 Å². The highest BCUT2D eigenvalue weighted by atomic mass is 16.2. The zero-order valence-electron chi connectivity index (χ0n) is 15.7. The van der Waals surface area contributed by atoms with Crippen LogP contribution >= 0.6 is 0 Å². The zero-order valence-corrected chi connectivity index (χ0v) is 15.7. The van der Waals surface area contributed by atoms with E-state index in [1.54, 1.807) is 6.07 Å². The van der Waals surface area contributed by atoms with E-state index in [9.17, 15) is 14.4 Å². The van der Waals surface area contributed by atoms with Gasteiger partial charge in [0.25, 0.3) is 0 Å². The normalized spacial score (nSPS) is 21.8. The summed E-state index contributed by atoms with van der Waals surface area (Å²) in [5.41, 5.74) is 3.84. The van der Waals surface area contributed by atoms with Gasteiger partial charge < -0.3 is 10.6 Å². The molecule has 142 valence electrons. The predicted molar refractivity (Wildman–Crippen MR) is 107 cm³/mol. The highest BCUT2D eigenvalue weighted by molar-refractivity contribution is 6.09. The smallest absolute Gasteiger partial charge is 0.232 e. The van der Waals surface area contributed by atoms with E-state index in [2.05, 4.69) is 10.6 Å². The fourth-order valence-electron chi connectivity index (χ4n) is 4.10. The molecule has 0 bridgehead atoms. The monoisotopic (exact) mass is 374 g/mol. The maximum absolute atomic E-state index is 13.0. The number of amides is 2. The Balaban J connectivity index is 1.61. The average Bonchev–Trinajstić information content (AvgIpc) is 2.67. The fraction of sp³-hybridized carbons (Fsp3) is 0.261. The molecular weight excluding hydrogens is 352 g/mol. The predicted octanol–water partition coefficient (Wildman–Crippen LogP) is 3.47. The topological polar surface area (TPSA) is 75.3 Å². The molecular formula is C23H22N2O3. The number of rotatable bonds is 3. The number of nitrogens with one attached hydrogen (secondary N) is 2. The molecule has 28 heavy (non-hydrogen) atoms.